The highest BCUT2D eigenvalue weighted by molar-refractivity contribution is 14.1. The second kappa shape index (κ2) is 6.64. The molecule has 5 nitrogen and oxygen atoms in total. The molecule has 0 unspecified atom stereocenters. The van der Waals surface area contributed by atoms with E-state index in [4.69, 9.17) is 0 Å². The number of carbonyl (C=O) groups is 1. The number of imidazole rings is 1. The minimum Gasteiger partial charge on any atom is -0.322 e. The van der Waals surface area contributed by atoms with Crippen LogP contribution in [0.1, 0.15) is 10.4 Å². The van der Waals surface area contributed by atoms with Gasteiger partial charge in [0.15, 0.2) is 0 Å². The number of benzene rings is 2. The Morgan fingerprint density at radius 3 is 2.68 bits per heavy atom. The summed E-state index contributed by atoms with van der Waals surface area (Å²) in [6.07, 6.45) is 5.56. The van der Waals surface area contributed by atoms with Crippen LogP contribution in [-0.4, -0.2) is 20.3 Å². The van der Waals surface area contributed by atoms with Gasteiger partial charge in [-0.1, -0.05) is 18.2 Å². The smallest absolute Gasteiger partial charge is 0.255 e. The number of nitrogens with one attached hydrogen (secondary N) is 1. The number of anilines is 1. The van der Waals surface area contributed by atoms with Gasteiger partial charge in [0.05, 0.1) is 5.69 Å². The van der Waals surface area contributed by atoms with E-state index in [1.54, 1.807) is 12.3 Å². The molecule has 4 rings (SSSR count). The van der Waals surface area contributed by atoms with Gasteiger partial charge < -0.3 is 5.32 Å². The van der Waals surface area contributed by atoms with Gasteiger partial charge in [-0.3, -0.25) is 9.20 Å². The van der Waals surface area contributed by atoms with E-state index in [9.17, 15) is 4.79 Å². The van der Waals surface area contributed by atoms with Crippen LogP contribution in [0.2, 0.25) is 0 Å². The third-order valence-electron chi connectivity index (χ3n) is 3.76. The van der Waals surface area contributed by atoms with Crippen molar-refractivity contribution in [1.82, 2.24) is 14.4 Å². The van der Waals surface area contributed by atoms with Crippen molar-refractivity contribution >= 4 is 40.0 Å². The summed E-state index contributed by atoms with van der Waals surface area (Å²) in [5.74, 6) is 0.539. The summed E-state index contributed by atoms with van der Waals surface area (Å²) >= 11 is 2.19. The van der Waals surface area contributed by atoms with Gasteiger partial charge in [0.1, 0.15) is 0 Å². The summed E-state index contributed by atoms with van der Waals surface area (Å²) in [6, 6.07) is 17.0. The maximum absolute atomic E-state index is 12.3. The predicted octanol–water partition coefficient (Wildman–Crippen LogP) is 4.25. The molecule has 0 fully saturated rings. The van der Waals surface area contributed by atoms with Crippen molar-refractivity contribution in [2.24, 2.45) is 0 Å². The van der Waals surface area contributed by atoms with Crippen molar-refractivity contribution in [3.63, 3.8) is 0 Å². The standard InChI is InChI=1S/C19H13IN4O/c20-15-4-1-3-14(11-15)18(25)22-16-7-5-13(6-8-16)17-12-24-10-2-9-21-19(24)23-17/h1-12H,(H,22,25). The maximum atomic E-state index is 12.3. The fourth-order valence-electron chi connectivity index (χ4n) is 2.53. The molecule has 0 saturated heterocycles. The van der Waals surface area contributed by atoms with E-state index < -0.39 is 0 Å². The summed E-state index contributed by atoms with van der Waals surface area (Å²) in [5, 5.41) is 2.91. The number of rotatable bonds is 3. The summed E-state index contributed by atoms with van der Waals surface area (Å²) in [4.78, 5) is 21.0. The van der Waals surface area contributed by atoms with Crippen LogP contribution in [0.15, 0.2) is 73.2 Å². The van der Waals surface area contributed by atoms with E-state index in [1.807, 2.05) is 65.3 Å². The zero-order valence-corrected chi connectivity index (χ0v) is 15.2. The fourth-order valence-corrected chi connectivity index (χ4v) is 3.07. The average Bonchev–Trinajstić information content (AvgIpc) is 3.06. The molecule has 6 heteroatoms. The maximum Gasteiger partial charge on any atom is 0.255 e. The number of carbonyl (C=O) groups excluding carboxylic acids is 1. The molecule has 0 aliphatic rings. The lowest BCUT2D eigenvalue weighted by atomic mass is 10.1. The highest BCUT2D eigenvalue weighted by Crippen LogP contribution is 2.21. The quantitative estimate of drug-likeness (QED) is 0.485. The molecule has 25 heavy (non-hydrogen) atoms. The molecule has 0 aliphatic heterocycles. The van der Waals surface area contributed by atoms with Crippen molar-refractivity contribution < 1.29 is 4.79 Å². The van der Waals surface area contributed by atoms with E-state index in [2.05, 4.69) is 37.9 Å². The predicted molar refractivity (Wildman–Crippen MR) is 106 cm³/mol. The molecule has 0 atom stereocenters. The highest BCUT2D eigenvalue weighted by Gasteiger charge is 2.08. The van der Waals surface area contributed by atoms with Crippen molar-refractivity contribution in [2.45, 2.75) is 0 Å². The first-order valence-corrected chi connectivity index (χ1v) is 8.74. The van der Waals surface area contributed by atoms with Crippen LogP contribution in [-0.2, 0) is 0 Å². The molecule has 122 valence electrons. The topological polar surface area (TPSA) is 59.3 Å². The van der Waals surface area contributed by atoms with Gasteiger partial charge in [0, 0.05) is 39.0 Å². The van der Waals surface area contributed by atoms with Crippen LogP contribution in [0.25, 0.3) is 17.0 Å². The molecule has 0 spiro atoms. The Hall–Kier alpha value is -2.74. The monoisotopic (exact) mass is 440 g/mol. The van der Waals surface area contributed by atoms with Crippen LogP contribution >= 0.6 is 22.6 Å². The Morgan fingerprint density at radius 2 is 1.92 bits per heavy atom. The van der Waals surface area contributed by atoms with E-state index >= 15 is 0 Å². The van der Waals surface area contributed by atoms with Crippen LogP contribution in [0.4, 0.5) is 5.69 Å². The lowest BCUT2D eigenvalue weighted by Crippen LogP contribution is -2.11. The lowest BCUT2D eigenvalue weighted by Gasteiger charge is -2.06. The van der Waals surface area contributed by atoms with Crippen molar-refractivity contribution in [3.8, 4) is 11.3 Å². The van der Waals surface area contributed by atoms with Crippen LogP contribution in [0.3, 0.4) is 0 Å². The summed E-state index contributed by atoms with van der Waals surface area (Å²) in [5.41, 5.74) is 3.20. The molecule has 0 radical (unpaired) electrons. The first-order valence-electron chi connectivity index (χ1n) is 7.66. The molecule has 0 saturated carbocycles. The molecule has 0 bridgehead atoms. The number of halogens is 1. The number of aromatic nitrogens is 3. The van der Waals surface area contributed by atoms with Crippen molar-refractivity contribution in [1.29, 1.82) is 0 Å². The van der Waals surface area contributed by atoms with Gasteiger partial charge in [0.25, 0.3) is 5.91 Å². The van der Waals surface area contributed by atoms with Crippen LogP contribution < -0.4 is 5.32 Å². The summed E-state index contributed by atoms with van der Waals surface area (Å²) < 4.78 is 2.91. The number of nitrogens with zero attached hydrogens (tertiary/aromatic N) is 3. The molecule has 1 amide bonds. The van der Waals surface area contributed by atoms with Gasteiger partial charge in [-0.15, -0.1) is 0 Å². The van der Waals surface area contributed by atoms with E-state index in [1.165, 1.54) is 0 Å². The van der Waals surface area contributed by atoms with Gasteiger partial charge in [-0.25, -0.2) is 9.97 Å². The zero-order chi connectivity index (χ0) is 17.2. The highest BCUT2D eigenvalue weighted by atomic mass is 127. The number of hydrogen-bond donors (Lipinski definition) is 1. The Balaban J connectivity index is 1.54. The normalized spacial score (nSPS) is 10.8. The Bertz CT molecular complexity index is 1020. The zero-order valence-electron chi connectivity index (χ0n) is 13.1. The Morgan fingerprint density at radius 1 is 1.08 bits per heavy atom. The molecular weight excluding hydrogens is 427 g/mol. The first kappa shape index (κ1) is 15.8. The number of amides is 1. The van der Waals surface area contributed by atoms with Gasteiger partial charge in [-0.2, -0.15) is 0 Å². The van der Waals surface area contributed by atoms with E-state index in [0.29, 0.717) is 11.3 Å². The second-order valence-electron chi connectivity index (χ2n) is 5.49. The fraction of sp³-hybridized carbons (Fsp3) is 0. The SMILES string of the molecule is O=C(Nc1ccc(-c2cn3cccnc3n2)cc1)c1cccc(I)c1. The molecule has 4 aromatic rings. The molecule has 1 N–H and O–H groups in total. The number of hydrogen-bond acceptors (Lipinski definition) is 3. The second-order valence-corrected chi connectivity index (χ2v) is 6.74. The Kier molecular flexibility index (Phi) is 4.19. The van der Waals surface area contributed by atoms with E-state index in [0.717, 1.165) is 20.5 Å². The summed E-state index contributed by atoms with van der Waals surface area (Å²) in [7, 11) is 0. The third kappa shape index (κ3) is 3.39. The first-order chi connectivity index (χ1) is 12.2. The van der Waals surface area contributed by atoms with E-state index in [-0.39, 0.29) is 5.91 Å². The third-order valence-corrected chi connectivity index (χ3v) is 4.43. The van der Waals surface area contributed by atoms with Crippen molar-refractivity contribution in [3.05, 3.63) is 82.3 Å². The average molecular weight is 440 g/mol. The molecular formula is C19H13IN4O. The molecule has 2 aromatic carbocycles. The van der Waals surface area contributed by atoms with Gasteiger partial charge in [0.2, 0.25) is 5.78 Å². The largest absolute Gasteiger partial charge is 0.322 e. The minimum absolute atomic E-state index is 0.122. The minimum atomic E-state index is -0.122. The lowest BCUT2D eigenvalue weighted by molar-refractivity contribution is 0.102. The number of fused-ring (bicyclic) bond motifs is 1. The molecule has 2 aromatic heterocycles. The molecule has 2 heterocycles. The van der Waals surface area contributed by atoms with Gasteiger partial charge >= 0.3 is 0 Å². The Labute approximate surface area is 157 Å². The van der Waals surface area contributed by atoms with Crippen molar-refractivity contribution in [2.75, 3.05) is 5.32 Å². The molecule has 0 aliphatic carbocycles. The van der Waals surface area contributed by atoms with Crippen LogP contribution in [0.5, 0.6) is 0 Å². The van der Waals surface area contributed by atoms with Crippen LogP contribution in [0, 0.1) is 3.57 Å². The van der Waals surface area contributed by atoms with Gasteiger partial charge in [-0.05, 0) is 59.0 Å². The summed E-state index contributed by atoms with van der Waals surface area (Å²) in [6.45, 7) is 0.